The molecule has 0 fully saturated rings. The number of amides is 1. The minimum Gasteiger partial charge on any atom is -0.340 e. The van der Waals surface area contributed by atoms with Crippen LogP contribution < -0.4 is 5.32 Å². The van der Waals surface area contributed by atoms with E-state index in [1.165, 1.54) is 23.0 Å². The van der Waals surface area contributed by atoms with Crippen LogP contribution in [0.25, 0.3) is 10.9 Å². The number of nitrogens with zero attached hydrogens (tertiary/aromatic N) is 3. The lowest BCUT2D eigenvalue weighted by Gasteiger charge is -2.06. The van der Waals surface area contributed by atoms with E-state index < -0.39 is 17.6 Å². The molecule has 2 aromatic heterocycles. The van der Waals surface area contributed by atoms with Gasteiger partial charge in [0.25, 0.3) is 5.91 Å². The third-order valence-corrected chi connectivity index (χ3v) is 3.25. The molecule has 3 rings (SSSR count). The van der Waals surface area contributed by atoms with Crippen molar-refractivity contribution in [3.8, 4) is 0 Å². The van der Waals surface area contributed by atoms with Gasteiger partial charge >= 0.3 is 6.18 Å². The Balaban J connectivity index is 2.00. The molecular formula is C13H10F3N5O. The van der Waals surface area contributed by atoms with Crippen LogP contribution in [0.2, 0.25) is 0 Å². The minimum absolute atomic E-state index is 0.159. The van der Waals surface area contributed by atoms with Gasteiger partial charge in [0.15, 0.2) is 0 Å². The Morgan fingerprint density at radius 3 is 2.73 bits per heavy atom. The van der Waals surface area contributed by atoms with Gasteiger partial charge in [-0.25, -0.2) is 5.10 Å². The number of anilines is 1. The number of halogens is 3. The highest BCUT2D eigenvalue weighted by Gasteiger charge is 2.30. The highest BCUT2D eigenvalue weighted by molar-refractivity contribution is 6.05. The number of nitrogens with one attached hydrogen (secondary N) is 2. The van der Waals surface area contributed by atoms with Crippen LogP contribution in [0.3, 0.4) is 0 Å². The van der Waals surface area contributed by atoms with Crippen molar-refractivity contribution in [2.45, 2.75) is 6.18 Å². The molecule has 0 aliphatic carbocycles. The van der Waals surface area contributed by atoms with E-state index in [2.05, 4.69) is 20.5 Å². The zero-order valence-electron chi connectivity index (χ0n) is 11.3. The molecule has 0 saturated carbocycles. The molecule has 0 unspecified atom stereocenters. The summed E-state index contributed by atoms with van der Waals surface area (Å²) in [5.41, 5.74) is -0.0192. The van der Waals surface area contributed by atoms with Gasteiger partial charge in [-0.05, 0) is 24.3 Å². The minimum atomic E-state index is -4.42. The SMILES string of the molecule is Cn1c(C(=O)Nc2ncn[nH]2)cc2cc(C(F)(F)F)ccc21. The Bertz CT molecular complexity index is 835. The summed E-state index contributed by atoms with van der Waals surface area (Å²) in [7, 11) is 1.60. The Morgan fingerprint density at radius 2 is 2.09 bits per heavy atom. The third-order valence-electron chi connectivity index (χ3n) is 3.25. The van der Waals surface area contributed by atoms with Gasteiger partial charge in [0.2, 0.25) is 5.95 Å². The van der Waals surface area contributed by atoms with Crippen molar-refractivity contribution in [1.82, 2.24) is 19.7 Å². The predicted octanol–water partition coefficient (Wildman–Crippen LogP) is 2.57. The zero-order chi connectivity index (χ0) is 15.9. The van der Waals surface area contributed by atoms with Crippen LogP contribution >= 0.6 is 0 Å². The Hall–Kier alpha value is -2.84. The summed E-state index contributed by atoms with van der Waals surface area (Å²) < 4.78 is 39.7. The molecule has 6 nitrogen and oxygen atoms in total. The first kappa shape index (κ1) is 14.1. The summed E-state index contributed by atoms with van der Waals surface area (Å²) >= 11 is 0. The Kier molecular flexibility index (Phi) is 3.12. The normalized spacial score (nSPS) is 11.8. The maximum absolute atomic E-state index is 12.7. The summed E-state index contributed by atoms with van der Waals surface area (Å²) in [4.78, 5) is 15.9. The number of aromatic nitrogens is 4. The lowest BCUT2D eigenvalue weighted by molar-refractivity contribution is -0.137. The first-order valence-corrected chi connectivity index (χ1v) is 6.19. The smallest absolute Gasteiger partial charge is 0.340 e. The first-order chi connectivity index (χ1) is 10.4. The molecule has 1 aromatic carbocycles. The summed E-state index contributed by atoms with van der Waals surface area (Å²) in [5.74, 6) is -0.338. The zero-order valence-corrected chi connectivity index (χ0v) is 11.3. The largest absolute Gasteiger partial charge is 0.416 e. The second-order valence-electron chi connectivity index (χ2n) is 4.65. The van der Waals surface area contributed by atoms with Crippen LogP contribution in [0.1, 0.15) is 16.1 Å². The molecule has 0 atom stereocenters. The van der Waals surface area contributed by atoms with Gasteiger partial charge in [0.1, 0.15) is 12.0 Å². The fourth-order valence-electron chi connectivity index (χ4n) is 2.18. The van der Waals surface area contributed by atoms with Crippen molar-refractivity contribution in [1.29, 1.82) is 0 Å². The molecule has 9 heteroatoms. The van der Waals surface area contributed by atoms with Crippen molar-refractivity contribution in [2.24, 2.45) is 7.05 Å². The summed E-state index contributed by atoms with van der Waals surface area (Å²) in [6.07, 6.45) is -3.20. The number of hydrogen-bond donors (Lipinski definition) is 2. The molecular weight excluding hydrogens is 299 g/mol. The van der Waals surface area contributed by atoms with E-state index in [9.17, 15) is 18.0 Å². The van der Waals surface area contributed by atoms with Gasteiger partial charge < -0.3 is 4.57 Å². The average molecular weight is 309 g/mol. The summed E-state index contributed by atoms with van der Waals surface area (Å²) in [5, 5.41) is 8.87. The molecule has 2 heterocycles. The van der Waals surface area contributed by atoms with Crippen LogP contribution in [0.5, 0.6) is 0 Å². The summed E-state index contributed by atoms with van der Waals surface area (Å²) in [6, 6.07) is 4.74. The van der Waals surface area contributed by atoms with E-state index >= 15 is 0 Å². The van der Waals surface area contributed by atoms with Crippen molar-refractivity contribution >= 4 is 22.8 Å². The molecule has 0 aliphatic heterocycles. The molecule has 1 amide bonds. The summed E-state index contributed by atoms with van der Waals surface area (Å²) in [6.45, 7) is 0. The molecule has 0 radical (unpaired) electrons. The van der Waals surface area contributed by atoms with Crippen molar-refractivity contribution in [3.63, 3.8) is 0 Å². The monoisotopic (exact) mass is 309 g/mol. The van der Waals surface area contributed by atoms with Crippen molar-refractivity contribution in [3.05, 3.63) is 41.9 Å². The molecule has 3 aromatic rings. The maximum atomic E-state index is 12.7. The number of H-pyrrole nitrogens is 1. The second kappa shape index (κ2) is 4.86. The molecule has 0 spiro atoms. The highest BCUT2D eigenvalue weighted by atomic mass is 19.4. The number of aryl methyl sites for hydroxylation is 1. The van der Waals surface area contributed by atoms with Gasteiger partial charge in [-0.3, -0.25) is 10.1 Å². The fourth-order valence-corrected chi connectivity index (χ4v) is 2.18. The predicted molar refractivity (Wildman–Crippen MR) is 72.3 cm³/mol. The first-order valence-electron chi connectivity index (χ1n) is 6.19. The standard InChI is InChI=1S/C13H10F3N5O/c1-21-9-3-2-8(13(14,15)16)4-7(9)5-10(21)11(22)19-12-17-6-18-20-12/h2-6H,1H3,(H2,17,18,19,20,22). The van der Waals surface area contributed by atoms with E-state index in [1.807, 2.05) is 0 Å². The third kappa shape index (κ3) is 2.41. The Labute approximate surface area is 122 Å². The number of carbonyl (C=O) groups is 1. The molecule has 0 aliphatic rings. The van der Waals surface area contributed by atoms with Crippen molar-refractivity contribution < 1.29 is 18.0 Å². The van der Waals surface area contributed by atoms with E-state index in [1.54, 1.807) is 7.05 Å². The number of carbonyl (C=O) groups excluding carboxylic acids is 1. The van der Waals surface area contributed by atoms with E-state index in [4.69, 9.17) is 0 Å². The van der Waals surface area contributed by atoms with Gasteiger partial charge in [0, 0.05) is 18.0 Å². The lowest BCUT2D eigenvalue weighted by atomic mass is 10.1. The van der Waals surface area contributed by atoms with E-state index in [-0.39, 0.29) is 11.6 Å². The van der Waals surface area contributed by atoms with Crippen LogP contribution in [-0.4, -0.2) is 25.7 Å². The number of fused-ring (bicyclic) bond motifs is 1. The molecule has 0 saturated heterocycles. The topological polar surface area (TPSA) is 75.6 Å². The lowest BCUT2D eigenvalue weighted by Crippen LogP contribution is -2.16. The molecule has 2 N–H and O–H groups in total. The molecule has 22 heavy (non-hydrogen) atoms. The highest BCUT2D eigenvalue weighted by Crippen LogP contribution is 2.32. The van der Waals surface area contributed by atoms with Crippen LogP contribution in [-0.2, 0) is 13.2 Å². The van der Waals surface area contributed by atoms with Crippen molar-refractivity contribution in [2.75, 3.05) is 5.32 Å². The van der Waals surface area contributed by atoms with Gasteiger partial charge in [-0.2, -0.15) is 23.3 Å². The number of benzene rings is 1. The van der Waals surface area contributed by atoms with Gasteiger partial charge in [-0.1, -0.05) is 0 Å². The van der Waals surface area contributed by atoms with Gasteiger partial charge in [0.05, 0.1) is 5.56 Å². The number of hydrogen-bond acceptors (Lipinski definition) is 3. The molecule has 0 bridgehead atoms. The fraction of sp³-hybridized carbons (Fsp3) is 0.154. The quantitative estimate of drug-likeness (QED) is 0.764. The van der Waals surface area contributed by atoms with E-state index in [0.717, 1.165) is 12.1 Å². The average Bonchev–Trinajstić information content (AvgIpc) is 3.06. The van der Waals surface area contributed by atoms with Crippen LogP contribution in [0.15, 0.2) is 30.6 Å². The number of rotatable bonds is 2. The molecule has 114 valence electrons. The van der Waals surface area contributed by atoms with Crippen LogP contribution in [0.4, 0.5) is 19.1 Å². The van der Waals surface area contributed by atoms with E-state index in [0.29, 0.717) is 10.9 Å². The Morgan fingerprint density at radius 1 is 1.32 bits per heavy atom. The maximum Gasteiger partial charge on any atom is 0.416 e. The number of alkyl halides is 3. The van der Waals surface area contributed by atoms with Crippen LogP contribution in [0, 0.1) is 0 Å². The van der Waals surface area contributed by atoms with Gasteiger partial charge in [-0.15, -0.1) is 0 Å². The number of aromatic amines is 1. The second-order valence-corrected chi connectivity index (χ2v) is 4.65.